The van der Waals surface area contributed by atoms with E-state index in [0.717, 1.165) is 0 Å². The molecular formula is C19H19F6N3O3S. The van der Waals surface area contributed by atoms with E-state index in [1.165, 1.54) is 0 Å². The van der Waals surface area contributed by atoms with E-state index < -0.39 is 68.3 Å². The molecule has 2 N–H and O–H groups in total. The minimum absolute atomic E-state index is 0.120. The number of sulfone groups is 1. The predicted octanol–water partition coefficient (Wildman–Crippen LogP) is 2.66. The standard InChI is InChI=1S/C19H19F6N3O3S/c20-12-5-11(6-13(21)15(12)22)16(19(23,24)25)27-14(8-32(30,31)7-10-1-2-10)17(29)28-18(9-26)3-4-18/h5-6,10,14,16,27H,1-4,7-8H2,(H,28,29)/t14-,16-/m0/s1. The highest BCUT2D eigenvalue weighted by atomic mass is 32.2. The van der Waals surface area contributed by atoms with Gasteiger partial charge in [0.25, 0.3) is 0 Å². The SMILES string of the molecule is N#CC1(NC(=O)[C@H](CS(=O)(=O)CC2CC2)N[C@@H](c2cc(F)c(F)c(F)c2)C(F)(F)F)CC1. The molecule has 2 aliphatic carbocycles. The van der Waals surface area contributed by atoms with Gasteiger partial charge in [0.15, 0.2) is 27.3 Å². The Morgan fingerprint density at radius 1 is 1.19 bits per heavy atom. The van der Waals surface area contributed by atoms with Crippen LogP contribution in [-0.2, 0) is 14.6 Å². The zero-order valence-electron chi connectivity index (χ0n) is 16.5. The summed E-state index contributed by atoms with van der Waals surface area (Å²) in [4.78, 5) is 12.7. The van der Waals surface area contributed by atoms with E-state index in [1.54, 1.807) is 0 Å². The van der Waals surface area contributed by atoms with Crippen molar-refractivity contribution in [1.29, 1.82) is 5.26 Å². The van der Waals surface area contributed by atoms with Crippen molar-refractivity contribution in [3.8, 4) is 6.07 Å². The maximum atomic E-state index is 13.7. The molecule has 3 rings (SSSR count). The fourth-order valence-electron chi connectivity index (χ4n) is 3.20. The highest BCUT2D eigenvalue weighted by Crippen LogP contribution is 2.36. The van der Waals surface area contributed by atoms with E-state index in [4.69, 9.17) is 5.26 Å². The highest BCUT2D eigenvalue weighted by Gasteiger charge is 2.48. The molecule has 2 saturated carbocycles. The summed E-state index contributed by atoms with van der Waals surface area (Å²) in [5.41, 5.74) is -2.37. The number of hydrogen-bond donors (Lipinski definition) is 2. The largest absolute Gasteiger partial charge is 0.407 e. The molecule has 1 amide bonds. The van der Waals surface area contributed by atoms with Gasteiger partial charge in [0.2, 0.25) is 5.91 Å². The van der Waals surface area contributed by atoms with Crippen molar-refractivity contribution < 1.29 is 39.6 Å². The second kappa shape index (κ2) is 8.55. The van der Waals surface area contributed by atoms with Crippen LogP contribution in [0, 0.1) is 34.7 Å². The molecule has 0 heterocycles. The third-order valence-electron chi connectivity index (χ3n) is 5.28. The van der Waals surface area contributed by atoms with Gasteiger partial charge in [-0.2, -0.15) is 18.4 Å². The third-order valence-corrected chi connectivity index (χ3v) is 7.11. The van der Waals surface area contributed by atoms with Crippen LogP contribution in [0.1, 0.15) is 37.3 Å². The Morgan fingerprint density at radius 3 is 2.19 bits per heavy atom. The summed E-state index contributed by atoms with van der Waals surface area (Å²) >= 11 is 0. The van der Waals surface area contributed by atoms with Gasteiger partial charge < -0.3 is 5.32 Å². The van der Waals surface area contributed by atoms with Gasteiger partial charge in [0, 0.05) is 0 Å². The number of hydrogen-bond acceptors (Lipinski definition) is 5. The molecule has 2 fully saturated rings. The van der Waals surface area contributed by atoms with Gasteiger partial charge in [0.1, 0.15) is 17.6 Å². The summed E-state index contributed by atoms with van der Waals surface area (Å²) in [5.74, 6) is -8.37. The van der Waals surface area contributed by atoms with Crippen LogP contribution in [0.25, 0.3) is 0 Å². The van der Waals surface area contributed by atoms with Crippen LogP contribution >= 0.6 is 0 Å². The first-order chi connectivity index (χ1) is 14.8. The first-order valence-electron chi connectivity index (χ1n) is 9.66. The van der Waals surface area contributed by atoms with Gasteiger partial charge in [-0.05, 0) is 49.3 Å². The molecule has 0 radical (unpaired) electrons. The lowest BCUT2D eigenvalue weighted by atomic mass is 10.0. The second-order valence-corrected chi connectivity index (χ2v) is 10.3. The summed E-state index contributed by atoms with van der Waals surface area (Å²) in [5, 5.41) is 13.2. The molecule has 0 saturated heterocycles. The van der Waals surface area contributed by atoms with Crippen molar-refractivity contribution in [2.75, 3.05) is 11.5 Å². The van der Waals surface area contributed by atoms with E-state index in [-0.39, 0.29) is 36.6 Å². The average molecular weight is 483 g/mol. The molecule has 13 heteroatoms. The Balaban J connectivity index is 1.92. The Hall–Kier alpha value is -2.33. The number of alkyl halides is 3. The summed E-state index contributed by atoms with van der Waals surface area (Å²) in [6.45, 7) is 0. The van der Waals surface area contributed by atoms with E-state index in [9.17, 15) is 39.6 Å². The van der Waals surface area contributed by atoms with Crippen LogP contribution in [0.4, 0.5) is 26.3 Å². The van der Waals surface area contributed by atoms with Crippen molar-refractivity contribution in [3.63, 3.8) is 0 Å². The number of amides is 1. The lowest BCUT2D eigenvalue weighted by molar-refractivity contribution is -0.160. The van der Waals surface area contributed by atoms with E-state index >= 15 is 0 Å². The van der Waals surface area contributed by atoms with Crippen LogP contribution in [-0.4, -0.2) is 43.6 Å². The van der Waals surface area contributed by atoms with E-state index in [0.29, 0.717) is 12.8 Å². The normalized spacial score (nSPS) is 19.7. The van der Waals surface area contributed by atoms with Gasteiger partial charge in [-0.1, -0.05) is 0 Å². The summed E-state index contributed by atoms with van der Waals surface area (Å²) in [6.07, 6.45) is -3.45. The van der Waals surface area contributed by atoms with Crippen molar-refractivity contribution in [2.45, 2.75) is 49.5 Å². The van der Waals surface area contributed by atoms with Crippen molar-refractivity contribution in [3.05, 3.63) is 35.1 Å². The van der Waals surface area contributed by atoms with Crippen molar-refractivity contribution in [1.82, 2.24) is 10.6 Å². The quantitative estimate of drug-likeness (QED) is 0.416. The van der Waals surface area contributed by atoms with Gasteiger partial charge in [-0.25, -0.2) is 21.6 Å². The molecule has 2 aliphatic rings. The van der Waals surface area contributed by atoms with Crippen LogP contribution in [0.15, 0.2) is 12.1 Å². The molecule has 0 aromatic heterocycles. The van der Waals surface area contributed by atoms with Crippen LogP contribution in [0.2, 0.25) is 0 Å². The predicted molar refractivity (Wildman–Crippen MR) is 99.1 cm³/mol. The number of rotatable bonds is 9. The first kappa shape index (κ1) is 24.3. The smallest absolute Gasteiger partial charge is 0.336 e. The average Bonchev–Trinajstić information content (AvgIpc) is 3.59. The van der Waals surface area contributed by atoms with Gasteiger partial charge in [-0.15, -0.1) is 0 Å². The number of benzene rings is 1. The fourth-order valence-corrected chi connectivity index (χ4v) is 5.14. The molecule has 2 atom stereocenters. The van der Waals surface area contributed by atoms with Crippen LogP contribution in [0.3, 0.4) is 0 Å². The summed E-state index contributed by atoms with van der Waals surface area (Å²) in [7, 11) is -3.98. The van der Waals surface area contributed by atoms with Crippen molar-refractivity contribution >= 4 is 15.7 Å². The van der Waals surface area contributed by atoms with Crippen LogP contribution < -0.4 is 10.6 Å². The Bertz CT molecular complexity index is 1020. The lowest BCUT2D eigenvalue weighted by Crippen LogP contribution is -2.54. The third kappa shape index (κ3) is 5.92. The highest BCUT2D eigenvalue weighted by molar-refractivity contribution is 7.91. The van der Waals surface area contributed by atoms with E-state index in [2.05, 4.69) is 5.32 Å². The van der Waals surface area contributed by atoms with Crippen LogP contribution in [0.5, 0.6) is 0 Å². The second-order valence-electron chi connectivity index (χ2n) is 8.20. The maximum Gasteiger partial charge on any atom is 0.407 e. The summed E-state index contributed by atoms with van der Waals surface area (Å²) in [6, 6.07) is -2.81. The molecule has 6 nitrogen and oxygen atoms in total. The Morgan fingerprint density at radius 2 is 1.75 bits per heavy atom. The lowest BCUT2D eigenvalue weighted by Gasteiger charge is -2.28. The number of nitrogens with zero attached hydrogens (tertiary/aromatic N) is 1. The summed E-state index contributed by atoms with van der Waals surface area (Å²) < 4.78 is 106. The molecule has 1 aromatic carbocycles. The number of carbonyl (C=O) groups excluding carboxylic acids is 1. The molecule has 0 unspecified atom stereocenters. The maximum absolute atomic E-state index is 13.7. The van der Waals surface area contributed by atoms with Gasteiger partial charge in [0.05, 0.1) is 17.6 Å². The molecular weight excluding hydrogens is 464 g/mol. The molecule has 176 valence electrons. The number of halogens is 6. The Labute approximate surface area is 179 Å². The number of nitriles is 1. The molecule has 1 aromatic rings. The topological polar surface area (TPSA) is 99.1 Å². The molecule has 32 heavy (non-hydrogen) atoms. The number of nitrogens with one attached hydrogen (secondary N) is 2. The zero-order chi connectivity index (χ0) is 23.9. The monoisotopic (exact) mass is 483 g/mol. The minimum Gasteiger partial charge on any atom is -0.336 e. The molecule has 0 spiro atoms. The van der Waals surface area contributed by atoms with E-state index in [1.807, 2.05) is 11.4 Å². The molecule has 0 bridgehead atoms. The number of carbonyl (C=O) groups is 1. The van der Waals surface area contributed by atoms with Gasteiger partial charge in [-0.3, -0.25) is 10.1 Å². The fraction of sp³-hybridized carbons (Fsp3) is 0.579. The van der Waals surface area contributed by atoms with Gasteiger partial charge >= 0.3 is 6.18 Å². The van der Waals surface area contributed by atoms with Crippen molar-refractivity contribution in [2.24, 2.45) is 5.92 Å². The zero-order valence-corrected chi connectivity index (χ0v) is 17.3. The first-order valence-corrected chi connectivity index (χ1v) is 11.5. The Kier molecular flexibility index (Phi) is 6.50. The molecule has 0 aliphatic heterocycles. The minimum atomic E-state index is -5.22.